The minimum atomic E-state index is -0.169. The van der Waals surface area contributed by atoms with Crippen molar-refractivity contribution in [2.24, 2.45) is 11.8 Å². The topological polar surface area (TPSA) is 46.5 Å². The molecule has 0 heterocycles. The second kappa shape index (κ2) is 4.26. The normalized spacial score (nSPS) is 28.5. The molecule has 0 aliphatic heterocycles. The van der Waals surface area contributed by atoms with E-state index >= 15 is 0 Å². The Morgan fingerprint density at radius 2 is 2.50 bits per heavy atom. The average molecular weight is 170 g/mol. The molecule has 0 fully saturated rings. The molecule has 3 nitrogen and oxygen atoms in total. The molecule has 0 radical (unpaired) electrons. The van der Waals surface area contributed by atoms with E-state index in [0.717, 1.165) is 6.42 Å². The first-order valence-electron chi connectivity index (χ1n) is 4.13. The molecular formula is C9H14O3. The minimum absolute atomic E-state index is 0.0582. The van der Waals surface area contributed by atoms with Gasteiger partial charge in [-0.25, -0.2) is 0 Å². The van der Waals surface area contributed by atoms with Crippen LogP contribution >= 0.6 is 0 Å². The van der Waals surface area contributed by atoms with E-state index < -0.39 is 0 Å². The van der Waals surface area contributed by atoms with E-state index in [1.807, 2.05) is 12.2 Å². The van der Waals surface area contributed by atoms with Crippen LogP contribution in [0, 0.1) is 11.8 Å². The molecule has 0 saturated heterocycles. The van der Waals surface area contributed by atoms with Crippen LogP contribution in [0.2, 0.25) is 0 Å². The molecule has 0 aromatic rings. The van der Waals surface area contributed by atoms with E-state index in [9.17, 15) is 4.79 Å². The molecule has 0 spiro atoms. The van der Waals surface area contributed by atoms with Crippen molar-refractivity contribution in [1.82, 2.24) is 0 Å². The molecule has 0 aromatic carbocycles. The fourth-order valence-corrected chi connectivity index (χ4v) is 1.47. The number of ether oxygens (including phenoxy) is 1. The molecule has 1 aliphatic rings. The highest BCUT2D eigenvalue weighted by molar-refractivity contribution is 5.72. The Hall–Kier alpha value is -0.830. The molecule has 1 aliphatic carbocycles. The van der Waals surface area contributed by atoms with E-state index in [2.05, 4.69) is 4.74 Å². The first-order chi connectivity index (χ1) is 5.77. The van der Waals surface area contributed by atoms with Crippen LogP contribution in [0.4, 0.5) is 0 Å². The number of hydrogen-bond donors (Lipinski definition) is 1. The van der Waals surface area contributed by atoms with Crippen molar-refractivity contribution in [1.29, 1.82) is 0 Å². The molecule has 68 valence electrons. The number of aliphatic hydroxyl groups excluding tert-OH is 1. The Bertz CT molecular complexity index is 186. The van der Waals surface area contributed by atoms with Crippen molar-refractivity contribution in [2.75, 3.05) is 13.7 Å². The molecule has 0 bridgehead atoms. The number of hydrogen-bond acceptors (Lipinski definition) is 3. The fraction of sp³-hybridized carbons (Fsp3) is 0.667. The number of carbonyl (C=O) groups is 1. The van der Waals surface area contributed by atoms with Gasteiger partial charge in [0.2, 0.25) is 0 Å². The Morgan fingerprint density at radius 3 is 3.08 bits per heavy atom. The summed E-state index contributed by atoms with van der Waals surface area (Å²) in [6.45, 7) is 0.115. The van der Waals surface area contributed by atoms with Gasteiger partial charge in [0.1, 0.15) is 0 Å². The van der Waals surface area contributed by atoms with Crippen LogP contribution < -0.4 is 0 Å². The molecule has 0 aromatic heterocycles. The standard InChI is InChI=1S/C9H14O3/c1-12-9(11)8-4-2-3-7(5-8)6-10/h2-3,7-8,10H,4-6H2,1H3. The van der Waals surface area contributed by atoms with Crippen LogP contribution in [-0.4, -0.2) is 24.8 Å². The van der Waals surface area contributed by atoms with E-state index in [4.69, 9.17) is 5.11 Å². The van der Waals surface area contributed by atoms with Gasteiger partial charge >= 0.3 is 5.97 Å². The molecular weight excluding hydrogens is 156 g/mol. The van der Waals surface area contributed by atoms with Gasteiger partial charge in [-0.05, 0) is 12.8 Å². The number of rotatable bonds is 2. The van der Waals surface area contributed by atoms with Crippen molar-refractivity contribution in [3.63, 3.8) is 0 Å². The summed E-state index contributed by atoms with van der Waals surface area (Å²) < 4.78 is 4.63. The summed E-state index contributed by atoms with van der Waals surface area (Å²) in [5.41, 5.74) is 0. The van der Waals surface area contributed by atoms with Gasteiger partial charge in [0.25, 0.3) is 0 Å². The summed E-state index contributed by atoms with van der Waals surface area (Å²) in [6, 6.07) is 0. The Balaban J connectivity index is 2.49. The third-order valence-electron chi connectivity index (χ3n) is 2.19. The first-order valence-corrected chi connectivity index (χ1v) is 4.13. The second-order valence-corrected chi connectivity index (χ2v) is 3.06. The zero-order chi connectivity index (χ0) is 8.97. The second-order valence-electron chi connectivity index (χ2n) is 3.06. The maximum Gasteiger partial charge on any atom is 0.308 e. The smallest absolute Gasteiger partial charge is 0.308 e. The van der Waals surface area contributed by atoms with Gasteiger partial charge in [-0.3, -0.25) is 4.79 Å². The Morgan fingerprint density at radius 1 is 1.75 bits per heavy atom. The maximum atomic E-state index is 11.1. The third-order valence-corrected chi connectivity index (χ3v) is 2.19. The van der Waals surface area contributed by atoms with Crippen molar-refractivity contribution in [3.05, 3.63) is 12.2 Å². The van der Waals surface area contributed by atoms with Crippen LogP contribution in [-0.2, 0) is 9.53 Å². The molecule has 2 unspecified atom stereocenters. The summed E-state index contributed by atoms with van der Waals surface area (Å²) in [4.78, 5) is 11.1. The number of methoxy groups -OCH3 is 1. The van der Waals surface area contributed by atoms with Crippen molar-refractivity contribution in [2.45, 2.75) is 12.8 Å². The van der Waals surface area contributed by atoms with Gasteiger partial charge in [0.15, 0.2) is 0 Å². The summed E-state index contributed by atoms with van der Waals surface area (Å²) in [6.07, 6.45) is 5.34. The average Bonchev–Trinajstić information content (AvgIpc) is 2.17. The highest BCUT2D eigenvalue weighted by Gasteiger charge is 2.23. The summed E-state index contributed by atoms with van der Waals surface area (Å²) in [5, 5.41) is 8.86. The number of esters is 1. The predicted molar refractivity (Wildman–Crippen MR) is 44.5 cm³/mol. The number of carbonyl (C=O) groups excluding carboxylic acids is 1. The molecule has 1 rings (SSSR count). The largest absolute Gasteiger partial charge is 0.469 e. The SMILES string of the molecule is COC(=O)C1CC=CC(CO)C1. The fourth-order valence-electron chi connectivity index (χ4n) is 1.47. The van der Waals surface area contributed by atoms with E-state index in [0.29, 0.717) is 6.42 Å². The zero-order valence-electron chi connectivity index (χ0n) is 7.19. The van der Waals surface area contributed by atoms with Crippen LogP contribution in [0.5, 0.6) is 0 Å². The number of allylic oxidation sites excluding steroid dienone is 1. The van der Waals surface area contributed by atoms with Gasteiger partial charge in [-0.1, -0.05) is 12.2 Å². The molecule has 1 N–H and O–H groups in total. The first kappa shape index (κ1) is 9.26. The van der Waals surface area contributed by atoms with Crippen molar-refractivity contribution in [3.8, 4) is 0 Å². The third kappa shape index (κ3) is 2.08. The molecule has 12 heavy (non-hydrogen) atoms. The van der Waals surface area contributed by atoms with Crippen molar-refractivity contribution >= 4 is 5.97 Å². The highest BCUT2D eigenvalue weighted by atomic mass is 16.5. The lowest BCUT2D eigenvalue weighted by Gasteiger charge is -2.20. The Kier molecular flexibility index (Phi) is 3.29. The summed E-state index contributed by atoms with van der Waals surface area (Å²) in [5.74, 6) is -0.0993. The van der Waals surface area contributed by atoms with E-state index in [1.165, 1.54) is 7.11 Å². The molecule has 0 amide bonds. The number of aliphatic hydroxyl groups is 1. The van der Waals surface area contributed by atoms with Crippen molar-refractivity contribution < 1.29 is 14.6 Å². The van der Waals surface area contributed by atoms with Gasteiger partial charge in [0.05, 0.1) is 13.0 Å². The molecule has 3 heteroatoms. The lowest BCUT2D eigenvalue weighted by Crippen LogP contribution is -2.22. The van der Waals surface area contributed by atoms with Crippen LogP contribution in [0.1, 0.15) is 12.8 Å². The lowest BCUT2D eigenvalue weighted by atomic mass is 9.87. The maximum absolute atomic E-state index is 11.1. The van der Waals surface area contributed by atoms with Gasteiger partial charge in [0, 0.05) is 12.5 Å². The Labute approximate surface area is 72.0 Å². The van der Waals surface area contributed by atoms with Crippen LogP contribution in [0.3, 0.4) is 0 Å². The quantitative estimate of drug-likeness (QED) is 0.491. The summed E-state index contributed by atoms with van der Waals surface area (Å²) in [7, 11) is 1.40. The molecule has 2 atom stereocenters. The van der Waals surface area contributed by atoms with E-state index in [1.54, 1.807) is 0 Å². The van der Waals surface area contributed by atoms with Gasteiger partial charge in [-0.2, -0.15) is 0 Å². The highest BCUT2D eigenvalue weighted by Crippen LogP contribution is 2.23. The predicted octanol–water partition coefficient (Wildman–Crippen LogP) is 0.734. The zero-order valence-corrected chi connectivity index (χ0v) is 7.19. The van der Waals surface area contributed by atoms with Crippen LogP contribution in [0.25, 0.3) is 0 Å². The minimum Gasteiger partial charge on any atom is -0.469 e. The van der Waals surface area contributed by atoms with Gasteiger partial charge in [-0.15, -0.1) is 0 Å². The monoisotopic (exact) mass is 170 g/mol. The molecule has 0 saturated carbocycles. The summed E-state index contributed by atoms with van der Waals surface area (Å²) >= 11 is 0. The lowest BCUT2D eigenvalue weighted by molar-refractivity contribution is -0.146. The van der Waals surface area contributed by atoms with Crippen LogP contribution in [0.15, 0.2) is 12.2 Å². The van der Waals surface area contributed by atoms with E-state index in [-0.39, 0.29) is 24.4 Å². The van der Waals surface area contributed by atoms with Gasteiger partial charge < -0.3 is 9.84 Å².